The van der Waals surface area contributed by atoms with Gasteiger partial charge in [0, 0.05) is 17.3 Å². The molecule has 128 valence electrons. The molecule has 0 aliphatic rings. The fraction of sp³-hybridized carbons (Fsp3) is 0.0526. The van der Waals surface area contributed by atoms with Crippen LogP contribution in [0.3, 0.4) is 0 Å². The molecular weight excluding hydrogens is 335 g/mol. The van der Waals surface area contributed by atoms with Crippen LogP contribution in [-0.4, -0.2) is 15.7 Å². The number of hydrogen-bond donors (Lipinski definition) is 1. The van der Waals surface area contributed by atoms with Gasteiger partial charge in [0.15, 0.2) is 0 Å². The van der Waals surface area contributed by atoms with Crippen molar-refractivity contribution in [3.8, 4) is 17.3 Å². The van der Waals surface area contributed by atoms with Gasteiger partial charge in [-0.2, -0.15) is 10.4 Å². The van der Waals surface area contributed by atoms with Crippen LogP contribution in [0.15, 0.2) is 65.5 Å². The van der Waals surface area contributed by atoms with Gasteiger partial charge in [0.05, 0.1) is 17.3 Å². The summed E-state index contributed by atoms with van der Waals surface area (Å²) < 4.78 is 14.5. The zero-order valence-corrected chi connectivity index (χ0v) is 13.5. The number of nitriles is 1. The number of amides is 1. The van der Waals surface area contributed by atoms with E-state index >= 15 is 0 Å². The zero-order valence-electron chi connectivity index (χ0n) is 13.5. The van der Waals surface area contributed by atoms with Crippen LogP contribution in [0.4, 0.5) is 10.1 Å². The first kappa shape index (κ1) is 17.0. The van der Waals surface area contributed by atoms with E-state index in [1.165, 1.54) is 12.1 Å². The number of carbonyl (C=O) groups excluding carboxylic acids is 1. The van der Waals surface area contributed by atoms with Gasteiger partial charge in [-0.25, -0.2) is 9.07 Å². The Morgan fingerprint density at radius 2 is 1.92 bits per heavy atom. The monoisotopic (exact) mass is 348 g/mol. The Morgan fingerprint density at radius 1 is 1.15 bits per heavy atom. The summed E-state index contributed by atoms with van der Waals surface area (Å²) in [6, 6.07) is 17.4. The van der Waals surface area contributed by atoms with E-state index in [-0.39, 0.29) is 17.8 Å². The quantitative estimate of drug-likeness (QED) is 0.785. The van der Waals surface area contributed by atoms with E-state index in [1.54, 1.807) is 6.07 Å². The van der Waals surface area contributed by atoms with Crippen molar-refractivity contribution in [2.24, 2.45) is 0 Å². The van der Waals surface area contributed by atoms with E-state index in [0.29, 0.717) is 5.69 Å². The van der Waals surface area contributed by atoms with Crippen molar-refractivity contribution >= 4 is 11.6 Å². The molecule has 0 spiro atoms. The lowest BCUT2D eigenvalue weighted by atomic mass is 10.1. The number of nitrogens with zero attached hydrogens (tertiary/aromatic N) is 3. The molecule has 0 radical (unpaired) electrons. The third-order valence-electron chi connectivity index (χ3n) is 3.54. The molecule has 26 heavy (non-hydrogen) atoms. The molecule has 0 aliphatic carbocycles. The minimum atomic E-state index is -0.638. The Morgan fingerprint density at radius 3 is 2.65 bits per heavy atom. The van der Waals surface area contributed by atoms with Gasteiger partial charge in [-0.1, -0.05) is 30.3 Å². The molecule has 3 aromatic rings. The first-order valence-corrected chi connectivity index (χ1v) is 7.69. The molecule has 1 N–H and O–H groups in total. The third kappa shape index (κ3) is 3.99. The second kappa shape index (κ2) is 7.40. The van der Waals surface area contributed by atoms with Gasteiger partial charge in [0.1, 0.15) is 12.4 Å². The Bertz CT molecular complexity index is 1060. The summed E-state index contributed by atoms with van der Waals surface area (Å²) in [5.41, 5.74) is 1.15. The third-order valence-corrected chi connectivity index (χ3v) is 3.54. The molecule has 1 amide bonds. The average molecular weight is 348 g/mol. The normalized spacial score (nSPS) is 10.2. The number of hydrogen-bond acceptors (Lipinski definition) is 4. The summed E-state index contributed by atoms with van der Waals surface area (Å²) in [6.07, 6.45) is 0. The Labute approximate surface area is 148 Å². The van der Waals surface area contributed by atoms with Crippen LogP contribution >= 0.6 is 0 Å². The number of anilines is 1. The number of benzene rings is 2. The van der Waals surface area contributed by atoms with Crippen LogP contribution in [0.1, 0.15) is 5.56 Å². The lowest BCUT2D eigenvalue weighted by Gasteiger charge is -2.09. The number of carbonyl (C=O) groups is 1. The zero-order chi connectivity index (χ0) is 18.5. The molecule has 0 bridgehead atoms. The van der Waals surface area contributed by atoms with Gasteiger partial charge < -0.3 is 5.32 Å². The smallest absolute Gasteiger partial charge is 0.267 e. The second-order valence-electron chi connectivity index (χ2n) is 5.47. The largest absolute Gasteiger partial charge is 0.324 e. The highest BCUT2D eigenvalue weighted by Gasteiger charge is 2.09. The molecule has 1 heterocycles. The fourth-order valence-electron chi connectivity index (χ4n) is 2.39. The van der Waals surface area contributed by atoms with E-state index in [2.05, 4.69) is 10.4 Å². The van der Waals surface area contributed by atoms with Gasteiger partial charge in [0.2, 0.25) is 5.91 Å². The van der Waals surface area contributed by atoms with E-state index in [0.717, 1.165) is 22.4 Å². The Balaban J connectivity index is 1.80. The predicted octanol–water partition coefficient (Wildman–Crippen LogP) is 2.56. The SMILES string of the molecule is N#Cc1cc(F)cc(NC(=O)Cn2nc(-c3ccccc3)ccc2=O)c1. The first-order chi connectivity index (χ1) is 12.5. The minimum absolute atomic E-state index is 0.0849. The maximum Gasteiger partial charge on any atom is 0.267 e. The molecule has 7 heteroatoms. The topological polar surface area (TPSA) is 87.8 Å². The van der Waals surface area contributed by atoms with Crippen LogP contribution in [0.25, 0.3) is 11.3 Å². The molecule has 2 aromatic carbocycles. The van der Waals surface area contributed by atoms with Gasteiger partial charge in [0.25, 0.3) is 5.56 Å². The highest BCUT2D eigenvalue weighted by Crippen LogP contribution is 2.15. The maximum atomic E-state index is 13.4. The van der Waals surface area contributed by atoms with Crippen molar-refractivity contribution in [1.82, 2.24) is 9.78 Å². The van der Waals surface area contributed by atoms with Crippen LogP contribution in [0, 0.1) is 17.1 Å². The summed E-state index contributed by atoms with van der Waals surface area (Å²) in [5, 5.41) is 15.5. The predicted molar refractivity (Wildman–Crippen MR) is 93.7 cm³/mol. The molecule has 0 unspecified atom stereocenters. The summed E-state index contributed by atoms with van der Waals surface area (Å²) >= 11 is 0. The second-order valence-corrected chi connectivity index (χ2v) is 5.47. The van der Waals surface area contributed by atoms with Crippen molar-refractivity contribution in [2.75, 3.05) is 5.32 Å². The number of halogens is 1. The molecule has 0 atom stereocenters. The van der Waals surface area contributed by atoms with Crippen molar-refractivity contribution < 1.29 is 9.18 Å². The molecule has 3 rings (SSSR count). The molecule has 0 fully saturated rings. The van der Waals surface area contributed by atoms with Crippen molar-refractivity contribution in [3.05, 3.63) is 82.4 Å². The highest BCUT2D eigenvalue weighted by molar-refractivity contribution is 5.90. The summed E-state index contributed by atoms with van der Waals surface area (Å²) in [4.78, 5) is 24.1. The Hall–Kier alpha value is -3.79. The molecule has 0 saturated heterocycles. The van der Waals surface area contributed by atoms with Crippen molar-refractivity contribution in [1.29, 1.82) is 5.26 Å². The van der Waals surface area contributed by atoms with Crippen LogP contribution < -0.4 is 10.9 Å². The number of nitrogens with one attached hydrogen (secondary N) is 1. The van der Waals surface area contributed by atoms with E-state index in [4.69, 9.17) is 5.26 Å². The summed E-state index contributed by atoms with van der Waals surface area (Å²) in [6.45, 7) is -0.335. The summed E-state index contributed by atoms with van der Waals surface area (Å²) in [5.74, 6) is -1.19. The Kier molecular flexibility index (Phi) is 4.85. The van der Waals surface area contributed by atoms with Gasteiger partial charge in [-0.05, 0) is 24.3 Å². The molecular formula is C19H13FN4O2. The average Bonchev–Trinajstić information content (AvgIpc) is 2.63. The fourth-order valence-corrected chi connectivity index (χ4v) is 2.39. The summed E-state index contributed by atoms with van der Waals surface area (Å²) in [7, 11) is 0. The lowest BCUT2D eigenvalue weighted by Crippen LogP contribution is -2.29. The number of rotatable bonds is 4. The minimum Gasteiger partial charge on any atom is -0.324 e. The van der Waals surface area contributed by atoms with E-state index in [9.17, 15) is 14.0 Å². The molecule has 0 saturated carbocycles. The molecule has 0 aliphatic heterocycles. The van der Waals surface area contributed by atoms with Gasteiger partial charge in [-0.3, -0.25) is 9.59 Å². The van der Waals surface area contributed by atoms with Crippen LogP contribution in [0.5, 0.6) is 0 Å². The standard InChI is InChI=1S/C19H13FN4O2/c20-15-8-13(11-21)9-16(10-15)22-18(25)12-24-19(26)7-6-17(23-24)14-4-2-1-3-5-14/h1-10H,12H2,(H,22,25). The van der Waals surface area contributed by atoms with E-state index < -0.39 is 17.3 Å². The molecule has 1 aromatic heterocycles. The first-order valence-electron chi connectivity index (χ1n) is 7.69. The highest BCUT2D eigenvalue weighted by atomic mass is 19.1. The lowest BCUT2D eigenvalue weighted by molar-refractivity contribution is -0.117. The van der Waals surface area contributed by atoms with Crippen LogP contribution in [0.2, 0.25) is 0 Å². The van der Waals surface area contributed by atoms with Crippen molar-refractivity contribution in [3.63, 3.8) is 0 Å². The van der Waals surface area contributed by atoms with Crippen molar-refractivity contribution in [2.45, 2.75) is 6.54 Å². The van der Waals surface area contributed by atoms with Gasteiger partial charge >= 0.3 is 0 Å². The van der Waals surface area contributed by atoms with Gasteiger partial charge in [-0.15, -0.1) is 0 Å². The number of aromatic nitrogens is 2. The van der Waals surface area contributed by atoms with E-state index in [1.807, 2.05) is 36.4 Å². The maximum absolute atomic E-state index is 13.4. The molecule has 6 nitrogen and oxygen atoms in total. The van der Waals surface area contributed by atoms with Crippen LogP contribution in [-0.2, 0) is 11.3 Å².